The summed E-state index contributed by atoms with van der Waals surface area (Å²) in [6, 6.07) is 0.183. The maximum atomic E-state index is 13.6. The summed E-state index contributed by atoms with van der Waals surface area (Å²) in [4.78, 5) is 15.7. The number of halogens is 2. The molecular formula is C21H39Cl2NO2S. The van der Waals surface area contributed by atoms with Crippen molar-refractivity contribution in [3.05, 3.63) is 0 Å². The summed E-state index contributed by atoms with van der Waals surface area (Å²) in [5, 5.41) is 0. The van der Waals surface area contributed by atoms with Gasteiger partial charge in [-0.3, -0.25) is 4.79 Å². The molecule has 1 amide bonds. The zero-order chi connectivity index (χ0) is 20.3. The van der Waals surface area contributed by atoms with E-state index < -0.39 is 0 Å². The van der Waals surface area contributed by atoms with E-state index in [-0.39, 0.29) is 23.6 Å². The van der Waals surface area contributed by atoms with Crippen molar-refractivity contribution < 1.29 is 9.53 Å². The van der Waals surface area contributed by atoms with Gasteiger partial charge in [-0.25, -0.2) is 0 Å². The summed E-state index contributed by atoms with van der Waals surface area (Å²) in [7, 11) is 0. The number of thioether (sulfide) groups is 1. The Kier molecular flexibility index (Phi) is 12.8. The number of ether oxygens (including phenoxy) is 1. The highest BCUT2D eigenvalue weighted by Gasteiger charge is 2.45. The van der Waals surface area contributed by atoms with E-state index in [4.69, 9.17) is 27.9 Å². The summed E-state index contributed by atoms with van der Waals surface area (Å²) in [6.45, 7) is 9.29. The second-order valence-corrected chi connectivity index (χ2v) is 10.1. The predicted molar refractivity (Wildman–Crippen MR) is 120 cm³/mol. The molecule has 1 aliphatic rings. The molecule has 0 aromatic rings. The zero-order valence-corrected chi connectivity index (χ0v) is 20.0. The SMILES string of the molecule is CC[C@@](C)(CCCCCl)C(=O)N1[C@@H](C(C)C)CO[C@@H]1CCSCCCCCl. The van der Waals surface area contributed by atoms with E-state index >= 15 is 0 Å². The Hall–Kier alpha value is 0.360. The van der Waals surface area contributed by atoms with Gasteiger partial charge in [0.15, 0.2) is 0 Å². The number of nitrogens with zero attached hydrogens (tertiary/aromatic N) is 1. The zero-order valence-electron chi connectivity index (χ0n) is 17.6. The van der Waals surface area contributed by atoms with Crippen molar-refractivity contribution in [3.8, 4) is 0 Å². The normalized spacial score (nSPS) is 22.4. The smallest absolute Gasteiger partial charge is 0.230 e. The molecule has 160 valence electrons. The fourth-order valence-electron chi connectivity index (χ4n) is 3.54. The van der Waals surface area contributed by atoms with Crippen LogP contribution in [-0.4, -0.2) is 52.9 Å². The van der Waals surface area contributed by atoms with Crippen molar-refractivity contribution in [2.45, 2.75) is 84.9 Å². The second kappa shape index (κ2) is 13.6. The summed E-state index contributed by atoms with van der Waals surface area (Å²) < 4.78 is 6.10. The molecule has 27 heavy (non-hydrogen) atoms. The van der Waals surface area contributed by atoms with E-state index in [0.717, 1.165) is 62.3 Å². The summed E-state index contributed by atoms with van der Waals surface area (Å²) in [5.41, 5.74) is -0.321. The summed E-state index contributed by atoms with van der Waals surface area (Å²) in [6.07, 6.45) is 6.79. The lowest BCUT2D eigenvalue weighted by atomic mass is 9.80. The lowest BCUT2D eigenvalue weighted by molar-refractivity contribution is -0.149. The average Bonchev–Trinajstić information content (AvgIpc) is 3.08. The topological polar surface area (TPSA) is 29.5 Å². The lowest BCUT2D eigenvalue weighted by Gasteiger charge is -2.38. The van der Waals surface area contributed by atoms with Crippen LogP contribution in [0.2, 0.25) is 0 Å². The Bertz CT molecular complexity index is 425. The van der Waals surface area contributed by atoms with E-state index in [2.05, 4.69) is 32.6 Å². The van der Waals surface area contributed by atoms with E-state index in [1.165, 1.54) is 0 Å². The first-order valence-corrected chi connectivity index (χ1v) is 12.8. The summed E-state index contributed by atoms with van der Waals surface area (Å²) in [5.74, 6) is 4.23. The molecule has 1 aliphatic heterocycles. The number of rotatable bonds is 14. The third-order valence-electron chi connectivity index (χ3n) is 5.72. The van der Waals surface area contributed by atoms with Gasteiger partial charge in [0.1, 0.15) is 6.23 Å². The van der Waals surface area contributed by atoms with Gasteiger partial charge in [-0.05, 0) is 49.5 Å². The van der Waals surface area contributed by atoms with Crippen LogP contribution in [0.5, 0.6) is 0 Å². The van der Waals surface area contributed by atoms with Crippen LogP contribution in [0.4, 0.5) is 0 Å². The molecule has 6 heteroatoms. The highest BCUT2D eigenvalue weighted by Crippen LogP contribution is 2.36. The van der Waals surface area contributed by atoms with Gasteiger partial charge < -0.3 is 9.64 Å². The first-order chi connectivity index (χ1) is 12.9. The number of alkyl halides is 2. The number of unbranched alkanes of at least 4 members (excludes halogenated alkanes) is 2. The van der Waals surface area contributed by atoms with Gasteiger partial charge in [0, 0.05) is 23.6 Å². The van der Waals surface area contributed by atoms with Crippen LogP contribution >= 0.6 is 35.0 Å². The molecule has 0 radical (unpaired) electrons. The minimum Gasteiger partial charge on any atom is -0.356 e. The third kappa shape index (κ3) is 7.95. The third-order valence-corrected chi connectivity index (χ3v) is 7.36. The van der Waals surface area contributed by atoms with E-state index in [1.54, 1.807) is 0 Å². The lowest BCUT2D eigenvalue weighted by Crippen LogP contribution is -2.50. The van der Waals surface area contributed by atoms with Gasteiger partial charge in [0.25, 0.3) is 0 Å². The molecule has 0 aliphatic carbocycles. The van der Waals surface area contributed by atoms with Gasteiger partial charge >= 0.3 is 0 Å². The standard InChI is InChI=1S/C21H39Cl2NO2S/c1-5-21(4,11-6-7-12-22)20(25)24-18(17(2)3)16-26-19(24)10-15-27-14-9-8-13-23/h17-19H,5-16H2,1-4H3/t18-,19-,21+/m1/s1. The second-order valence-electron chi connectivity index (χ2n) is 8.17. The number of carbonyl (C=O) groups excluding carboxylic acids is 1. The van der Waals surface area contributed by atoms with Crippen molar-refractivity contribution in [2.75, 3.05) is 29.9 Å². The van der Waals surface area contributed by atoms with E-state index in [9.17, 15) is 4.79 Å². The predicted octanol–water partition coefficient (Wildman–Crippen LogP) is 6.16. The molecule has 1 saturated heterocycles. The van der Waals surface area contributed by atoms with Crippen LogP contribution in [0.15, 0.2) is 0 Å². The van der Waals surface area contributed by atoms with Gasteiger partial charge in [0.2, 0.25) is 5.91 Å². The highest BCUT2D eigenvalue weighted by molar-refractivity contribution is 7.99. The van der Waals surface area contributed by atoms with Crippen LogP contribution < -0.4 is 0 Å². The quantitative estimate of drug-likeness (QED) is 0.239. The maximum absolute atomic E-state index is 13.6. The maximum Gasteiger partial charge on any atom is 0.230 e. The Morgan fingerprint density at radius 2 is 1.85 bits per heavy atom. The van der Waals surface area contributed by atoms with Gasteiger partial charge in [-0.15, -0.1) is 23.2 Å². The number of hydrogen-bond donors (Lipinski definition) is 0. The van der Waals surface area contributed by atoms with Crippen molar-refractivity contribution in [1.82, 2.24) is 4.90 Å². The molecule has 3 atom stereocenters. The van der Waals surface area contributed by atoms with Crippen molar-refractivity contribution in [3.63, 3.8) is 0 Å². The van der Waals surface area contributed by atoms with E-state index in [0.29, 0.717) is 18.4 Å². The van der Waals surface area contributed by atoms with Gasteiger partial charge in [0.05, 0.1) is 12.6 Å². The molecule has 0 saturated carbocycles. The van der Waals surface area contributed by atoms with Crippen molar-refractivity contribution in [2.24, 2.45) is 11.3 Å². The molecule has 1 fully saturated rings. The molecule has 3 nitrogen and oxygen atoms in total. The molecule has 1 rings (SSSR count). The molecule has 0 aromatic carbocycles. The molecule has 0 aromatic heterocycles. The van der Waals surface area contributed by atoms with Crippen molar-refractivity contribution >= 4 is 40.9 Å². The first-order valence-electron chi connectivity index (χ1n) is 10.5. The van der Waals surface area contributed by atoms with Crippen LogP contribution in [0.3, 0.4) is 0 Å². The molecule has 1 heterocycles. The van der Waals surface area contributed by atoms with Gasteiger partial charge in [-0.2, -0.15) is 11.8 Å². The van der Waals surface area contributed by atoms with Crippen LogP contribution in [0, 0.1) is 11.3 Å². The Morgan fingerprint density at radius 3 is 2.44 bits per heavy atom. The minimum atomic E-state index is -0.321. The molecular weight excluding hydrogens is 401 g/mol. The molecule has 0 N–H and O–H groups in total. The van der Waals surface area contributed by atoms with E-state index in [1.807, 2.05) is 11.8 Å². The monoisotopic (exact) mass is 439 g/mol. The van der Waals surface area contributed by atoms with Crippen LogP contribution in [0.25, 0.3) is 0 Å². The van der Waals surface area contributed by atoms with Crippen LogP contribution in [0.1, 0.15) is 72.6 Å². The Labute approximate surface area is 181 Å². The Balaban J connectivity index is 2.73. The van der Waals surface area contributed by atoms with Crippen molar-refractivity contribution in [1.29, 1.82) is 0 Å². The summed E-state index contributed by atoms with van der Waals surface area (Å²) >= 11 is 13.5. The first kappa shape index (κ1) is 25.4. The fraction of sp³-hybridized carbons (Fsp3) is 0.952. The molecule has 0 bridgehead atoms. The number of carbonyl (C=O) groups is 1. The highest BCUT2D eigenvalue weighted by atomic mass is 35.5. The molecule has 0 unspecified atom stereocenters. The molecule has 0 spiro atoms. The largest absolute Gasteiger partial charge is 0.356 e. The minimum absolute atomic E-state index is 0.0793. The Morgan fingerprint density at radius 1 is 1.19 bits per heavy atom. The fourth-order valence-corrected chi connectivity index (χ4v) is 4.90. The van der Waals surface area contributed by atoms with Crippen LogP contribution in [-0.2, 0) is 9.53 Å². The number of amides is 1. The van der Waals surface area contributed by atoms with Gasteiger partial charge in [-0.1, -0.05) is 34.1 Å². The average molecular weight is 441 g/mol. The number of hydrogen-bond acceptors (Lipinski definition) is 3.